The summed E-state index contributed by atoms with van der Waals surface area (Å²) >= 11 is 5.72. The lowest BCUT2D eigenvalue weighted by Crippen LogP contribution is -2.11. The van der Waals surface area contributed by atoms with Crippen molar-refractivity contribution in [2.24, 2.45) is 0 Å². The molecule has 0 aliphatic rings. The van der Waals surface area contributed by atoms with Gasteiger partial charge in [0.05, 0.1) is 22.1 Å². The second-order valence-corrected chi connectivity index (χ2v) is 6.25. The van der Waals surface area contributed by atoms with E-state index >= 15 is 0 Å². The average Bonchev–Trinajstić information content (AvgIpc) is 2.40. The third kappa shape index (κ3) is 3.98. The Kier molecular flexibility index (Phi) is 4.58. The smallest absolute Gasteiger partial charge is 0.399 e. The molecule has 0 aliphatic heterocycles. The molecule has 0 fully saturated rings. The highest BCUT2D eigenvalue weighted by Gasteiger charge is 2.33. The van der Waals surface area contributed by atoms with Crippen LogP contribution in [-0.2, 0) is 22.7 Å². The minimum absolute atomic E-state index is 0.0170. The number of anilines is 1. The number of nitrogen functional groups attached to an aromatic ring is 1. The van der Waals surface area contributed by atoms with E-state index in [-0.39, 0.29) is 17.0 Å². The van der Waals surface area contributed by atoms with Crippen LogP contribution in [0.25, 0.3) is 0 Å². The van der Waals surface area contributed by atoms with Crippen LogP contribution in [0.2, 0.25) is 5.02 Å². The first-order chi connectivity index (χ1) is 9.77. The van der Waals surface area contributed by atoms with Gasteiger partial charge in [-0.05, 0) is 42.0 Å². The van der Waals surface area contributed by atoms with Crippen molar-refractivity contribution in [2.45, 2.75) is 16.8 Å². The van der Waals surface area contributed by atoms with Crippen molar-refractivity contribution >= 4 is 28.1 Å². The molecule has 0 bridgehead atoms. The minimum Gasteiger partial charge on any atom is -0.399 e. The van der Waals surface area contributed by atoms with Crippen LogP contribution in [0.3, 0.4) is 0 Å². The second-order valence-electron chi connectivity index (χ2n) is 4.36. The standard InChI is InChI=1S/C14H11ClF3NOS/c15-10-2-5-12(6-3-10)21(20)8-9-1-4-11(19)7-13(9)14(16,17)18/h1-7H,8,19H2. The van der Waals surface area contributed by atoms with Crippen molar-refractivity contribution in [3.8, 4) is 0 Å². The molecule has 0 amide bonds. The van der Waals surface area contributed by atoms with E-state index in [1.165, 1.54) is 24.3 Å². The zero-order valence-corrected chi connectivity index (χ0v) is 12.2. The van der Waals surface area contributed by atoms with Crippen molar-refractivity contribution in [1.29, 1.82) is 0 Å². The number of hydrogen-bond donors (Lipinski definition) is 1. The molecule has 1 unspecified atom stereocenters. The summed E-state index contributed by atoms with van der Waals surface area (Å²) in [7, 11) is -1.59. The van der Waals surface area contributed by atoms with E-state index in [2.05, 4.69) is 0 Å². The van der Waals surface area contributed by atoms with Crippen LogP contribution in [0.4, 0.5) is 18.9 Å². The average molecular weight is 334 g/mol. The van der Waals surface area contributed by atoms with E-state index in [0.29, 0.717) is 9.92 Å². The molecule has 2 N–H and O–H groups in total. The molecule has 0 saturated carbocycles. The summed E-state index contributed by atoms with van der Waals surface area (Å²) in [6.07, 6.45) is -4.53. The molecule has 0 spiro atoms. The highest BCUT2D eigenvalue weighted by molar-refractivity contribution is 7.84. The van der Waals surface area contributed by atoms with Crippen LogP contribution in [0.15, 0.2) is 47.4 Å². The van der Waals surface area contributed by atoms with Gasteiger partial charge in [0.15, 0.2) is 0 Å². The Bertz CT molecular complexity index is 671. The van der Waals surface area contributed by atoms with Gasteiger partial charge in [0, 0.05) is 15.6 Å². The molecule has 0 aliphatic carbocycles. The van der Waals surface area contributed by atoms with Crippen molar-refractivity contribution in [3.05, 3.63) is 58.6 Å². The third-order valence-corrected chi connectivity index (χ3v) is 4.43. The van der Waals surface area contributed by atoms with E-state index in [1.807, 2.05) is 0 Å². The minimum atomic E-state index is -4.53. The molecule has 1 atom stereocenters. The van der Waals surface area contributed by atoms with Crippen molar-refractivity contribution in [3.63, 3.8) is 0 Å². The normalized spacial score (nSPS) is 13.1. The quantitative estimate of drug-likeness (QED) is 0.853. The van der Waals surface area contributed by atoms with Crippen LogP contribution < -0.4 is 5.73 Å². The largest absolute Gasteiger partial charge is 0.416 e. The van der Waals surface area contributed by atoms with Crippen molar-refractivity contribution in [2.75, 3.05) is 5.73 Å². The molecule has 112 valence electrons. The molecule has 0 heterocycles. The summed E-state index contributed by atoms with van der Waals surface area (Å²) in [5.74, 6) is -0.239. The second kappa shape index (κ2) is 6.07. The fraction of sp³-hybridized carbons (Fsp3) is 0.143. The van der Waals surface area contributed by atoms with Gasteiger partial charge in [-0.25, -0.2) is 0 Å². The molecule has 7 heteroatoms. The summed E-state index contributed by atoms with van der Waals surface area (Å²) in [4.78, 5) is 0.421. The Morgan fingerprint density at radius 1 is 1.10 bits per heavy atom. The van der Waals surface area contributed by atoms with Gasteiger partial charge >= 0.3 is 6.18 Å². The van der Waals surface area contributed by atoms with Gasteiger partial charge in [0.2, 0.25) is 0 Å². The third-order valence-electron chi connectivity index (χ3n) is 2.80. The number of benzene rings is 2. The van der Waals surface area contributed by atoms with E-state index in [9.17, 15) is 17.4 Å². The lowest BCUT2D eigenvalue weighted by molar-refractivity contribution is -0.138. The first-order valence-electron chi connectivity index (χ1n) is 5.87. The van der Waals surface area contributed by atoms with Gasteiger partial charge in [-0.1, -0.05) is 17.7 Å². The predicted octanol–water partition coefficient (Wildman–Crippen LogP) is 4.25. The summed E-state index contributed by atoms with van der Waals surface area (Å²) in [5, 5.41) is 0.471. The Morgan fingerprint density at radius 3 is 2.29 bits per heavy atom. The topological polar surface area (TPSA) is 43.1 Å². The number of hydrogen-bond acceptors (Lipinski definition) is 2. The van der Waals surface area contributed by atoms with Crippen molar-refractivity contribution < 1.29 is 17.4 Å². The molecule has 2 rings (SSSR count). The molecule has 0 radical (unpaired) electrons. The van der Waals surface area contributed by atoms with Gasteiger partial charge in [-0.15, -0.1) is 0 Å². The molecular weight excluding hydrogens is 323 g/mol. The highest BCUT2D eigenvalue weighted by atomic mass is 35.5. The Balaban J connectivity index is 2.31. The fourth-order valence-electron chi connectivity index (χ4n) is 1.79. The van der Waals surface area contributed by atoms with E-state index in [0.717, 1.165) is 6.07 Å². The number of nitrogens with two attached hydrogens (primary N) is 1. The maximum absolute atomic E-state index is 13.0. The maximum atomic E-state index is 13.0. The Hall–Kier alpha value is -1.53. The first kappa shape index (κ1) is 15.9. The summed E-state index contributed by atoms with van der Waals surface area (Å²) in [5.41, 5.74) is 4.50. The predicted molar refractivity (Wildman–Crippen MR) is 77.4 cm³/mol. The highest BCUT2D eigenvalue weighted by Crippen LogP contribution is 2.34. The summed E-state index contributed by atoms with van der Waals surface area (Å²) in [6, 6.07) is 9.63. The van der Waals surface area contributed by atoms with Gasteiger partial charge in [0.25, 0.3) is 0 Å². The zero-order chi connectivity index (χ0) is 15.6. The Labute approximate surface area is 127 Å². The van der Waals surface area contributed by atoms with Crippen LogP contribution in [-0.4, -0.2) is 4.21 Å². The maximum Gasteiger partial charge on any atom is 0.416 e. The molecular formula is C14H11ClF3NOS. The summed E-state index contributed by atoms with van der Waals surface area (Å²) in [6.45, 7) is 0. The zero-order valence-electron chi connectivity index (χ0n) is 10.7. The van der Waals surface area contributed by atoms with Gasteiger partial charge < -0.3 is 5.73 Å². The molecule has 21 heavy (non-hydrogen) atoms. The number of halogens is 4. The van der Waals surface area contributed by atoms with E-state index in [1.54, 1.807) is 12.1 Å². The van der Waals surface area contributed by atoms with Gasteiger partial charge in [-0.2, -0.15) is 13.2 Å². The number of alkyl halides is 3. The van der Waals surface area contributed by atoms with Crippen LogP contribution >= 0.6 is 11.6 Å². The van der Waals surface area contributed by atoms with Crippen LogP contribution in [0.1, 0.15) is 11.1 Å². The molecule has 2 aromatic rings. The monoisotopic (exact) mass is 333 g/mol. The van der Waals surface area contributed by atoms with E-state index in [4.69, 9.17) is 17.3 Å². The van der Waals surface area contributed by atoms with E-state index < -0.39 is 22.5 Å². The van der Waals surface area contributed by atoms with Gasteiger partial charge in [-0.3, -0.25) is 4.21 Å². The number of rotatable bonds is 3. The molecule has 2 aromatic carbocycles. The molecule has 2 nitrogen and oxygen atoms in total. The lowest BCUT2D eigenvalue weighted by atomic mass is 10.1. The molecule has 0 saturated heterocycles. The summed E-state index contributed by atoms with van der Waals surface area (Å²) < 4.78 is 51.0. The SMILES string of the molecule is Nc1ccc(CS(=O)c2ccc(Cl)cc2)c(C(F)(F)F)c1. The fourth-order valence-corrected chi connectivity index (χ4v) is 3.06. The molecule has 0 aromatic heterocycles. The van der Waals surface area contributed by atoms with Gasteiger partial charge in [0.1, 0.15) is 0 Å². The Morgan fingerprint density at radius 2 is 1.71 bits per heavy atom. The van der Waals surface area contributed by atoms with Crippen LogP contribution in [0.5, 0.6) is 0 Å². The first-order valence-corrected chi connectivity index (χ1v) is 7.56. The van der Waals surface area contributed by atoms with Crippen molar-refractivity contribution in [1.82, 2.24) is 0 Å². The lowest BCUT2D eigenvalue weighted by Gasteiger charge is -2.13. The van der Waals surface area contributed by atoms with Crippen LogP contribution in [0, 0.1) is 0 Å².